The highest BCUT2D eigenvalue weighted by atomic mass is 32.2. The van der Waals surface area contributed by atoms with Crippen LogP contribution in [0.4, 0.5) is 8.78 Å². The Labute approximate surface area is 130 Å². The molecule has 0 aliphatic carbocycles. The topological polar surface area (TPSA) is 119 Å². The summed E-state index contributed by atoms with van der Waals surface area (Å²) in [7, 11) is -7.94. The summed E-state index contributed by atoms with van der Waals surface area (Å²) in [5.41, 5.74) is 0. The first kappa shape index (κ1) is 17.4. The van der Waals surface area contributed by atoms with Crippen LogP contribution in [0.15, 0.2) is 32.7 Å². The molecule has 0 aliphatic rings. The van der Waals surface area contributed by atoms with Gasteiger partial charge in [-0.15, -0.1) is 5.10 Å². The van der Waals surface area contributed by atoms with Gasteiger partial charge in [-0.25, -0.2) is 30.3 Å². The maximum absolute atomic E-state index is 13.5. The fourth-order valence-corrected chi connectivity index (χ4v) is 3.10. The van der Waals surface area contributed by atoms with Crippen molar-refractivity contribution in [2.24, 2.45) is 0 Å². The first-order valence-corrected chi connectivity index (χ1v) is 9.44. The molecule has 1 heterocycles. The molecule has 126 valence electrons. The zero-order chi connectivity index (χ0) is 17.3. The molecule has 1 N–H and O–H groups in total. The standard InChI is InChI=1S/C11H11F2N3O5S2/c1-22(17,18)11-16-15-10(21-11)4-5-14-23(19,20)9-6-7(12)2-3-8(9)13/h2-3,6,14H,4-5H2,1H3. The lowest BCUT2D eigenvalue weighted by Gasteiger charge is -2.06. The van der Waals surface area contributed by atoms with Crippen LogP contribution < -0.4 is 4.72 Å². The van der Waals surface area contributed by atoms with Crippen molar-refractivity contribution in [1.29, 1.82) is 0 Å². The normalized spacial score (nSPS) is 12.5. The Hall–Kier alpha value is -1.92. The van der Waals surface area contributed by atoms with E-state index in [-0.39, 0.29) is 18.9 Å². The van der Waals surface area contributed by atoms with E-state index in [0.29, 0.717) is 12.1 Å². The molecule has 0 unspecified atom stereocenters. The third kappa shape index (κ3) is 4.30. The Morgan fingerprint density at radius 2 is 1.87 bits per heavy atom. The number of sulfone groups is 1. The Balaban J connectivity index is 2.06. The van der Waals surface area contributed by atoms with Crippen molar-refractivity contribution in [2.75, 3.05) is 12.8 Å². The largest absolute Gasteiger partial charge is 0.412 e. The van der Waals surface area contributed by atoms with E-state index >= 15 is 0 Å². The van der Waals surface area contributed by atoms with E-state index in [1.165, 1.54) is 0 Å². The van der Waals surface area contributed by atoms with Gasteiger partial charge in [-0.3, -0.25) is 0 Å². The number of hydrogen-bond acceptors (Lipinski definition) is 7. The van der Waals surface area contributed by atoms with E-state index < -0.39 is 41.6 Å². The Morgan fingerprint density at radius 3 is 2.48 bits per heavy atom. The lowest BCUT2D eigenvalue weighted by molar-refractivity contribution is 0.397. The molecule has 0 spiro atoms. The first-order valence-electron chi connectivity index (χ1n) is 6.07. The number of rotatable bonds is 6. The molecule has 0 bridgehead atoms. The number of nitrogens with one attached hydrogen (secondary N) is 1. The maximum atomic E-state index is 13.5. The monoisotopic (exact) mass is 367 g/mol. The smallest absolute Gasteiger partial charge is 0.335 e. The third-order valence-corrected chi connectivity index (χ3v) is 4.85. The number of sulfonamides is 1. The third-order valence-electron chi connectivity index (χ3n) is 2.58. The van der Waals surface area contributed by atoms with Crippen LogP contribution in [0.1, 0.15) is 5.89 Å². The molecule has 0 atom stereocenters. The SMILES string of the molecule is CS(=O)(=O)c1nnc(CCNS(=O)(=O)c2cc(F)ccc2F)o1. The summed E-state index contributed by atoms with van der Waals surface area (Å²) >= 11 is 0. The van der Waals surface area contributed by atoms with Gasteiger partial charge in [-0.05, 0) is 18.2 Å². The molecule has 2 aromatic rings. The van der Waals surface area contributed by atoms with E-state index in [1.807, 2.05) is 4.72 Å². The van der Waals surface area contributed by atoms with Crippen LogP contribution in [0.3, 0.4) is 0 Å². The van der Waals surface area contributed by atoms with Crippen LogP contribution in [0.25, 0.3) is 0 Å². The second-order valence-electron chi connectivity index (χ2n) is 4.46. The van der Waals surface area contributed by atoms with Crippen molar-refractivity contribution in [1.82, 2.24) is 14.9 Å². The van der Waals surface area contributed by atoms with Crippen LogP contribution in [-0.2, 0) is 26.3 Å². The number of halogens is 2. The summed E-state index contributed by atoms with van der Waals surface area (Å²) in [6, 6.07) is 2.03. The highest BCUT2D eigenvalue weighted by Crippen LogP contribution is 2.15. The van der Waals surface area contributed by atoms with E-state index in [4.69, 9.17) is 4.42 Å². The average molecular weight is 367 g/mol. The highest BCUT2D eigenvalue weighted by Gasteiger charge is 2.21. The predicted octanol–water partition coefficient (Wildman–Crippen LogP) is 0.272. The fraction of sp³-hybridized carbons (Fsp3) is 0.273. The van der Waals surface area contributed by atoms with Gasteiger partial charge in [0, 0.05) is 19.2 Å². The van der Waals surface area contributed by atoms with E-state index in [9.17, 15) is 25.6 Å². The minimum absolute atomic E-state index is 0.118. The molecule has 0 amide bonds. The summed E-state index contributed by atoms with van der Waals surface area (Å²) in [5.74, 6) is -2.12. The van der Waals surface area contributed by atoms with Gasteiger partial charge in [0.05, 0.1) is 0 Å². The van der Waals surface area contributed by atoms with Gasteiger partial charge >= 0.3 is 5.22 Å². The first-order chi connectivity index (χ1) is 10.6. The summed E-state index contributed by atoms with van der Waals surface area (Å²) in [6.45, 7) is -0.274. The Morgan fingerprint density at radius 1 is 1.17 bits per heavy atom. The van der Waals surface area contributed by atoms with Gasteiger partial charge in [-0.2, -0.15) is 0 Å². The summed E-state index contributed by atoms with van der Waals surface area (Å²) in [6.07, 6.45) is 0.748. The van der Waals surface area contributed by atoms with Gasteiger partial charge < -0.3 is 4.42 Å². The van der Waals surface area contributed by atoms with Gasteiger partial charge in [0.15, 0.2) is 0 Å². The Kier molecular flexibility index (Phi) is 4.77. The molecule has 1 aromatic carbocycles. The molecule has 2 rings (SSSR count). The number of hydrogen-bond donors (Lipinski definition) is 1. The van der Waals surface area contributed by atoms with E-state index in [2.05, 4.69) is 10.2 Å². The molecular formula is C11H11F2N3O5S2. The molecule has 23 heavy (non-hydrogen) atoms. The summed E-state index contributed by atoms with van der Waals surface area (Å²) in [4.78, 5) is -0.833. The molecule has 0 radical (unpaired) electrons. The van der Waals surface area contributed by atoms with E-state index in [1.54, 1.807) is 0 Å². The van der Waals surface area contributed by atoms with Crippen molar-refractivity contribution in [3.63, 3.8) is 0 Å². The quantitative estimate of drug-likeness (QED) is 0.778. The molecule has 8 nitrogen and oxygen atoms in total. The molecule has 0 aliphatic heterocycles. The Bertz CT molecular complexity index is 925. The zero-order valence-electron chi connectivity index (χ0n) is 11.7. The lowest BCUT2D eigenvalue weighted by atomic mass is 10.3. The fourth-order valence-electron chi connectivity index (χ4n) is 1.54. The van der Waals surface area contributed by atoms with Gasteiger partial charge in [0.2, 0.25) is 25.8 Å². The van der Waals surface area contributed by atoms with Crippen molar-refractivity contribution in [2.45, 2.75) is 16.5 Å². The number of benzene rings is 1. The van der Waals surface area contributed by atoms with E-state index in [0.717, 1.165) is 12.3 Å². The number of aromatic nitrogens is 2. The van der Waals surface area contributed by atoms with Crippen molar-refractivity contribution >= 4 is 19.9 Å². The highest BCUT2D eigenvalue weighted by molar-refractivity contribution is 7.90. The van der Waals surface area contributed by atoms with Crippen LogP contribution in [0.5, 0.6) is 0 Å². The summed E-state index contributed by atoms with van der Waals surface area (Å²) in [5, 5.41) is 6.15. The van der Waals surface area contributed by atoms with Crippen molar-refractivity contribution < 1.29 is 30.0 Å². The number of nitrogens with zero attached hydrogens (tertiary/aromatic N) is 2. The lowest BCUT2D eigenvalue weighted by Crippen LogP contribution is -2.27. The second kappa shape index (κ2) is 6.29. The predicted molar refractivity (Wildman–Crippen MR) is 72.7 cm³/mol. The zero-order valence-corrected chi connectivity index (χ0v) is 13.3. The van der Waals surface area contributed by atoms with Crippen LogP contribution in [-0.4, -0.2) is 39.8 Å². The van der Waals surface area contributed by atoms with Crippen LogP contribution in [0, 0.1) is 11.6 Å². The second-order valence-corrected chi connectivity index (χ2v) is 8.09. The minimum atomic E-state index is -4.28. The molecule has 0 fully saturated rings. The molecular weight excluding hydrogens is 356 g/mol. The van der Waals surface area contributed by atoms with Gasteiger partial charge in [0.1, 0.15) is 16.5 Å². The maximum Gasteiger partial charge on any atom is 0.335 e. The van der Waals surface area contributed by atoms with Gasteiger partial charge in [0.25, 0.3) is 0 Å². The summed E-state index contributed by atoms with van der Waals surface area (Å²) < 4.78 is 79.4. The minimum Gasteiger partial charge on any atom is -0.412 e. The average Bonchev–Trinajstić information content (AvgIpc) is 2.90. The van der Waals surface area contributed by atoms with Crippen molar-refractivity contribution in [3.05, 3.63) is 35.7 Å². The van der Waals surface area contributed by atoms with Crippen LogP contribution in [0.2, 0.25) is 0 Å². The molecule has 0 saturated carbocycles. The molecule has 0 saturated heterocycles. The molecule has 12 heteroatoms. The molecule has 1 aromatic heterocycles. The van der Waals surface area contributed by atoms with Crippen molar-refractivity contribution in [3.8, 4) is 0 Å². The van der Waals surface area contributed by atoms with Crippen LogP contribution >= 0.6 is 0 Å². The van der Waals surface area contributed by atoms with Gasteiger partial charge in [-0.1, -0.05) is 5.10 Å².